The van der Waals surface area contributed by atoms with E-state index in [1.165, 1.54) is 18.2 Å². The number of aromatic carboxylic acids is 1. The zero-order valence-electron chi connectivity index (χ0n) is 18.4. The van der Waals surface area contributed by atoms with Crippen molar-refractivity contribution in [2.75, 3.05) is 20.3 Å². The predicted octanol–water partition coefficient (Wildman–Crippen LogP) is 6.46. The van der Waals surface area contributed by atoms with Gasteiger partial charge in [0.2, 0.25) is 0 Å². The topological polar surface area (TPSA) is 67.8 Å². The van der Waals surface area contributed by atoms with Crippen molar-refractivity contribution in [1.82, 2.24) is 5.32 Å². The van der Waals surface area contributed by atoms with Gasteiger partial charge in [0, 0.05) is 17.6 Å². The lowest BCUT2D eigenvalue weighted by molar-refractivity contribution is -0.137. The van der Waals surface area contributed by atoms with Crippen LogP contribution in [0, 0.1) is 0 Å². The monoisotopic (exact) mass is 493 g/mol. The maximum Gasteiger partial charge on any atom is 0.416 e. The fraction of sp³-hybridized carbons (Fsp3) is 0.240. The number of methoxy groups -OCH3 is 1. The SMILES string of the molecule is COc1cccc([C@@H](C)NCCOc2cc(Cl)cc(-c3cc(C(=O)O)cc(C(F)(F)F)c3)c2)c1. The zero-order chi connectivity index (χ0) is 24.9. The third kappa shape index (κ3) is 6.65. The Labute approximate surface area is 200 Å². The lowest BCUT2D eigenvalue weighted by atomic mass is 9.99. The number of nitrogens with one attached hydrogen (secondary N) is 1. The van der Waals surface area contributed by atoms with Gasteiger partial charge in [-0.25, -0.2) is 4.79 Å². The summed E-state index contributed by atoms with van der Waals surface area (Å²) in [5.74, 6) is -0.343. The number of carboxylic acid groups (broad SMARTS) is 1. The quantitative estimate of drug-likeness (QED) is 0.335. The molecule has 0 amide bonds. The number of rotatable bonds is 9. The summed E-state index contributed by atoms with van der Waals surface area (Å²) in [5, 5.41) is 12.8. The summed E-state index contributed by atoms with van der Waals surface area (Å²) in [6.07, 6.45) is -4.69. The van der Waals surface area contributed by atoms with Crippen molar-refractivity contribution in [2.24, 2.45) is 0 Å². The molecular formula is C25H23ClF3NO4. The molecule has 0 saturated heterocycles. The Morgan fingerprint density at radius 2 is 1.79 bits per heavy atom. The minimum Gasteiger partial charge on any atom is -0.497 e. The van der Waals surface area contributed by atoms with E-state index in [0.717, 1.165) is 17.4 Å². The minimum absolute atomic E-state index is 0.0353. The molecule has 34 heavy (non-hydrogen) atoms. The Bertz CT molecular complexity index is 1170. The highest BCUT2D eigenvalue weighted by Crippen LogP contribution is 2.35. The van der Waals surface area contributed by atoms with Crippen LogP contribution in [0.3, 0.4) is 0 Å². The molecule has 3 aromatic carbocycles. The van der Waals surface area contributed by atoms with Gasteiger partial charge >= 0.3 is 12.1 Å². The number of alkyl halides is 3. The van der Waals surface area contributed by atoms with Crippen LogP contribution in [0.4, 0.5) is 13.2 Å². The van der Waals surface area contributed by atoms with Crippen LogP contribution in [-0.4, -0.2) is 31.3 Å². The highest BCUT2D eigenvalue weighted by Gasteiger charge is 2.32. The first kappa shape index (κ1) is 25.4. The molecule has 9 heteroatoms. The summed E-state index contributed by atoms with van der Waals surface area (Å²) in [6, 6.07) is 14.9. The number of benzene rings is 3. The van der Waals surface area contributed by atoms with Gasteiger partial charge in [0.05, 0.1) is 18.2 Å². The van der Waals surface area contributed by atoms with Gasteiger partial charge in [-0.05, 0) is 72.1 Å². The Morgan fingerprint density at radius 1 is 1.06 bits per heavy atom. The van der Waals surface area contributed by atoms with Crippen LogP contribution in [-0.2, 0) is 6.18 Å². The standard InChI is InChI=1S/C25H23ClF3NO4/c1-15(16-4-3-5-22(12-16)33-2)30-6-7-34-23-13-18(11-21(26)14-23)17-8-19(24(31)32)10-20(9-17)25(27,28)29/h3-5,8-15,30H,6-7H2,1-2H3,(H,31,32)/t15-/m1/s1. The highest BCUT2D eigenvalue weighted by molar-refractivity contribution is 6.31. The first-order valence-electron chi connectivity index (χ1n) is 10.3. The molecule has 0 aliphatic rings. The average molecular weight is 494 g/mol. The largest absolute Gasteiger partial charge is 0.497 e. The van der Waals surface area contributed by atoms with E-state index in [1.807, 2.05) is 31.2 Å². The van der Waals surface area contributed by atoms with Crippen molar-refractivity contribution < 1.29 is 32.5 Å². The smallest absolute Gasteiger partial charge is 0.416 e. The van der Waals surface area contributed by atoms with Crippen LogP contribution in [0.25, 0.3) is 11.1 Å². The Morgan fingerprint density at radius 3 is 2.47 bits per heavy atom. The molecule has 0 heterocycles. The number of hydrogen-bond donors (Lipinski definition) is 2. The minimum atomic E-state index is -4.69. The molecule has 0 aliphatic heterocycles. The van der Waals surface area contributed by atoms with Crippen molar-refractivity contribution in [1.29, 1.82) is 0 Å². The Kier molecular flexibility index (Phi) is 8.06. The number of ether oxygens (including phenoxy) is 2. The van der Waals surface area contributed by atoms with Crippen LogP contribution in [0.1, 0.15) is 34.5 Å². The van der Waals surface area contributed by atoms with Crippen LogP contribution in [0.15, 0.2) is 60.7 Å². The lowest BCUT2D eigenvalue weighted by Crippen LogP contribution is -2.24. The van der Waals surface area contributed by atoms with E-state index in [-0.39, 0.29) is 23.2 Å². The van der Waals surface area contributed by atoms with E-state index >= 15 is 0 Å². The summed E-state index contributed by atoms with van der Waals surface area (Å²) in [6.45, 7) is 2.77. The van der Waals surface area contributed by atoms with E-state index in [2.05, 4.69) is 5.32 Å². The fourth-order valence-electron chi connectivity index (χ4n) is 3.37. The number of halogens is 4. The molecular weight excluding hydrogens is 471 g/mol. The molecule has 3 rings (SSSR count). The third-order valence-corrected chi connectivity index (χ3v) is 5.35. The number of hydrogen-bond acceptors (Lipinski definition) is 4. The summed E-state index contributed by atoms with van der Waals surface area (Å²) in [4.78, 5) is 11.3. The summed E-state index contributed by atoms with van der Waals surface area (Å²) in [7, 11) is 1.60. The Hall–Kier alpha value is -3.23. The second-order valence-corrected chi connectivity index (χ2v) is 8.01. The van der Waals surface area contributed by atoms with Crippen LogP contribution < -0.4 is 14.8 Å². The van der Waals surface area contributed by atoms with E-state index < -0.39 is 23.3 Å². The molecule has 0 radical (unpaired) electrons. The average Bonchev–Trinajstić information content (AvgIpc) is 2.80. The second-order valence-electron chi connectivity index (χ2n) is 7.58. The molecule has 0 fully saturated rings. The molecule has 1 atom stereocenters. The molecule has 0 saturated carbocycles. The van der Waals surface area contributed by atoms with Crippen molar-refractivity contribution in [2.45, 2.75) is 19.1 Å². The molecule has 0 aromatic heterocycles. The molecule has 0 spiro atoms. The third-order valence-electron chi connectivity index (χ3n) is 5.13. The van der Waals surface area contributed by atoms with Crippen LogP contribution >= 0.6 is 11.6 Å². The van der Waals surface area contributed by atoms with Gasteiger partial charge in [-0.2, -0.15) is 13.2 Å². The molecule has 5 nitrogen and oxygen atoms in total. The van der Waals surface area contributed by atoms with Crippen molar-refractivity contribution >= 4 is 17.6 Å². The summed E-state index contributed by atoms with van der Waals surface area (Å²) >= 11 is 6.16. The van der Waals surface area contributed by atoms with Crippen LogP contribution in [0.5, 0.6) is 11.5 Å². The molecule has 180 valence electrons. The first-order valence-corrected chi connectivity index (χ1v) is 10.7. The summed E-state index contributed by atoms with van der Waals surface area (Å²) < 4.78 is 50.8. The van der Waals surface area contributed by atoms with Gasteiger partial charge < -0.3 is 19.9 Å². The normalized spacial score (nSPS) is 12.3. The van der Waals surface area contributed by atoms with E-state index in [0.29, 0.717) is 23.9 Å². The predicted molar refractivity (Wildman–Crippen MR) is 124 cm³/mol. The van der Waals surface area contributed by atoms with Gasteiger partial charge in [0.15, 0.2) is 0 Å². The molecule has 3 aromatic rings. The van der Waals surface area contributed by atoms with E-state index in [1.54, 1.807) is 13.2 Å². The lowest BCUT2D eigenvalue weighted by Gasteiger charge is -2.16. The molecule has 0 aliphatic carbocycles. The molecule has 0 bridgehead atoms. The maximum atomic E-state index is 13.3. The van der Waals surface area contributed by atoms with Crippen LogP contribution in [0.2, 0.25) is 5.02 Å². The van der Waals surface area contributed by atoms with Gasteiger partial charge in [0.1, 0.15) is 18.1 Å². The van der Waals surface area contributed by atoms with Crippen molar-refractivity contribution in [3.05, 3.63) is 82.4 Å². The number of carboxylic acids is 1. The molecule has 2 N–H and O–H groups in total. The van der Waals surface area contributed by atoms with E-state index in [9.17, 15) is 23.1 Å². The highest BCUT2D eigenvalue weighted by atomic mass is 35.5. The fourth-order valence-corrected chi connectivity index (χ4v) is 3.59. The second kappa shape index (κ2) is 10.8. The van der Waals surface area contributed by atoms with Crippen molar-refractivity contribution in [3.8, 4) is 22.6 Å². The zero-order valence-corrected chi connectivity index (χ0v) is 19.2. The Balaban J connectivity index is 1.72. The van der Waals surface area contributed by atoms with Crippen molar-refractivity contribution in [3.63, 3.8) is 0 Å². The molecule has 0 unspecified atom stereocenters. The van der Waals surface area contributed by atoms with E-state index in [4.69, 9.17) is 21.1 Å². The summed E-state index contributed by atoms with van der Waals surface area (Å²) in [5.41, 5.74) is -0.0927. The first-order chi connectivity index (χ1) is 16.1. The maximum absolute atomic E-state index is 13.3. The van der Waals surface area contributed by atoms with Gasteiger partial charge in [0.25, 0.3) is 0 Å². The van der Waals surface area contributed by atoms with Gasteiger partial charge in [-0.15, -0.1) is 0 Å². The number of carbonyl (C=O) groups is 1. The van der Waals surface area contributed by atoms with Gasteiger partial charge in [-0.1, -0.05) is 23.7 Å². The van der Waals surface area contributed by atoms with Gasteiger partial charge in [-0.3, -0.25) is 0 Å².